The van der Waals surface area contributed by atoms with Crippen LogP contribution in [-0.2, 0) is 0 Å². The van der Waals surface area contributed by atoms with E-state index in [-0.39, 0.29) is 5.92 Å². The molecule has 0 amide bonds. The zero-order valence-corrected chi connectivity index (χ0v) is 6.90. The van der Waals surface area contributed by atoms with E-state index in [0.717, 1.165) is 6.54 Å². The van der Waals surface area contributed by atoms with Gasteiger partial charge in [-0.05, 0) is 20.0 Å². The summed E-state index contributed by atoms with van der Waals surface area (Å²) in [5.74, 6) is -2.74. The Morgan fingerprint density at radius 1 is 1.45 bits per heavy atom. The minimum absolute atomic E-state index is 0.367. The van der Waals surface area contributed by atoms with Gasteiger partial charge in [-0.3, -0.25) is 0 Å². The zero-order chi connectivity index (χ0) is 8.28. The van der Waals surface area contributed by atoms with Crippen LogP contribution in [0, 0.1) is 11.3 Å². The molecule has 1 aliphatic carbocycles. The topological polar surface area (TPSA) is 3.24 Å². The third kappa shape index (κ3) is 0.723. The monoisotopic (exact) mass is 161 g/mol. The first kappa shape index (κ1) is 7.47. The van der Waals surface area contributed by atoms with E-state index < -0.39 is 11.3 Å². The first-order chi connectivity index (χ1) is 4.98. The Kier molecular flexibility index (Phi) is 1.20. The lowest BCUT2D eigenvalue weighted by molar-refractivity contribution is 0.0636. The molecule has 1 nitrogen and oxygen atoms in total. The number of rotatable bonds is 0. The highest BCUT2D eigenvalue weighted by Gasteiger charge is 2.77. The normalized spacial score (nSPS) is 48.5. The molecule has 1 aliphatic heterocycles. The highest BCUT2D eigenvalue weighted by molar-refractivity contribution is 5.18. The van der Waals surface area contributed by atoms with Crippen molar-refractivity contribution in [2.45, 2.75) is 19.3 Å². The number of nitrogens with zero attached hydrogens (tertiary/aromatic N) is 1. The SMILES string of the molecule is CN1CC[C@]2(C)[C@H](C1)C2(F)F. The van der Waals surface area contributed by atoms with Crippen LogP contribution in [-0.4, -0.2) is 31.0 Å². The van der Waals surface area contributed by atoms with Crippen LogP contribution in [0.25, 0.3) is 0 Å². The highest BCUT2D eigenvalue weighted by atomic mass is 19.3. The molecule has 0 N–H and O–H groups in total. The van der Waals surface area contributed by atoms with E-state index in [1.54, 1.807) is 6.92 Å². The molecule has 0 aromatic rings. The van der Waals surface area contributed by atoms with Crippen molar-refractivity contribution in [1.29, 1.82) is 0 Å². The van der Waals surface area contributed by atoms with Crippen molar-refractivity contribution >= 4 is 0 Å². The second-order valence-electron chi connectivity index (χ2n) is 4.11. The molecule has 1 saturated heterocycles. The Morgan fingerprint density at radius 2 is 2.09 bits per heavy atom. The molecule has 2 fully saturated rings. The van der Waals surface area contributed by atoms with Crippen LogP contribution in [0.15, 0.2) is 0 Å². The molecular formula is C8H13F2N. The van der Waals surface area contributed by atoms with Gasteiger partial charge < -0.3 is 4.90 Å². The minimum Gasteiger partial charge on any atom is -0.306 e. The summed E-state index contributed by atoms with van der Waals surface area (Å²) in [4.78, 5) is 1.99. The lowest BCUT2D eigenvalue weighted by Gasteiger charge is -2.23. The van der Waals surface area contributed by atoms with Crippen molar-refractivity contribution in [2.24, 2.45) is 11.3 Å². The fraction of sp³-hybridized carbons (Fsp3) is 1.00. The summed E-state index contributed by atoms with van der Waals surface area (Å²) in [6.07, 6.45) is 0.654. The second kappa shape index (κ2) is 1.76. The quantitative estimate of drug-likeness (QED) is 0.521. The van der Waals surface area contributed by atoms with Gasteiger partial charge in [-0.25, -0.2) is 8.78 Å². The van der Waals surface area contributed by atoms with Gasteiger partial charge in [-0.2, -0.15) is 0 Å². The lowest BCUT2D eigenvalue weighted by atomic mass is 9.98. The van der Waals surface area contributed by atoms with Gasteiger partial charge in [-0.1, -0.05) is 6.92 Å². The number of alkyl halides is 2. The van der Waals surface area contributed by atoms with Crippen LogP contribution in [0.1, 0.15) is 13.3 Å². The summed E-state index contributed by atoms with van der Waals surface area (Å²) in [5.41, 5.74) is -0.653. The fourth-order valence-electron chi connectivity index (χ4n) is 2.16. The molecule has 0 spiro atoms. The Bertz CT molecular complexity index is 193. The predicted octanol–water partition coefficient (Wildman–Crippen LogP) is 1.59. The van der Waals surface area contributed by atoms with Gasteiger partial charge in [0, 0.05) is 17.9 Å². The number of fused-ring (bicyclic) bond motifs is 1. The van der Waals surface area contributed by atoms with Crippen LogP contribution in [0.2, 0.25) is 0 Å². The Morgan fingerprint density at radius 3 is 2.55 bits per heavy atom. The largest absolute Gasteiger partial charge is 0.306 e. The Labute approximate surface area is 65.4 Å². The van der Waals surface area contributed by atoms with Crippen molar-refractivity contribution in [1.82, 2.24) is 4.90 Å². The molecule has 2 aliphatic rings. The van der Waals surface area contributed by atoms with Crippen molar-refractivity contribution < 1.29 is 8.78 Å². The predicted molar refractivity (Wildman–Crippen MR) is 38.7 cm³/mol. The van der Waals surface area contributed by atoms with Gasteiger partial charge in [0.1, 0.15) is 0 Å². The van der Waals surface area contributed by atoms with E-state index in [4.69, 9.17) is 0 Å². The summed E-state index contributed by atoms with van der Waals surface area (Å²) < 4.78 is 26.1. The summed E-state index contributed by atoms with van der Waals surface area (Å²) in [6.45, 7) is 3.11. The number of hydrogen-bond acceptors (Lipinski definition) is 1. The maximum atomic E-state index is 13.0. The fourth-order valence-corrected chi connectivity index (χ4v) is 2.16. The van der Waals surface area contributed by atoms with Gasteiger partial charge in [0.2, 0.25) is 0 Å². The number of halogens is 2. The molecule has 2 rings (SSSR count). The molecule has 0 aromatic carbocycles. The van der Waals surface area contributed by atoms with Crippen LogP contribution < -0.4 is 0 Å². The van der Waals surface area contributed by atoms with E-state index in [2.05, 4.69) is 0 Å². The maximum absolute atomic E-state index is 13.0. The van der Waals surface area contributed by atoms with E-state index >= 15 is 0 Å². The number of piperidine rings is 1. The molecule has 2 atom stereocenters. The molecule has 0 aromatic heterocycles. The van der Waals surface area contributed by atoms with Crippen molar-refractivity contribution in [3.05, 3.63) is 0 Å². The average Bonchev–Trinajstić information content (AvgIpc) is 2.33. The molecule has 1 heterocycles. The van der Waals surface area contributed by atoms with Crippen LogP contribution in [0.5, 0.6) is 0 Å². The number of hydrogen-bond donors (Lipinski definition) is 0. The summed E-state index contributed by atoms with van der Waals surface area (Å²) >= 11 is 0. The molecule has 3 heteroatoms. The maximum Gasteiger partial charge on any atom is 0.258 e. The van der Waals surface area contributed by atoms with Gasteiger partial charge >= 0.3 is 0 Å². The van der Waals surface area contributed by atoms with Crippen molar-refractivity contribution in [3.8, 4) is 0 Å². The van der Waals surface area contributed by atoms with Gasteiger partial charge in [-0.15, -0.1) is 0 Å². The molecular weight excluding hydrogens is 148 g/mol. The van der Waals surface area contributed by atoms with Crippen LogP contribution >= 0.6 is 0 Å². The zero-order valence-electron chi connectivity index (χ0n) is 6.90. The Balaban J connectivity index is 2.16. The van der Waals surface area contributed by atoms with E-state index in [9.17, 15) is 8.78 Å². The van der Waals surface area contributed by atoms with Crippen LogP contribution in [0.4, 0.5) is 8.78 Å². The highest BCUT2D eigenvalue weighted by Crippen LogP contribution is 2.69. The lowest BCUT2D eigenvalue weighted by Crippen LogP contribution is -2.30. The summed E-state index contributed by atoms with van der Waals surface area (Å²) in [6, 6.07) is 0. The molecule has 0 bridgehead atoms. The van der Waals surface area contributed by atoms with Gasteiger partial charge in [0.05, 0.1) is 0 Å². The van der Waals surface area contributed by atoms with E-state index in [0.29, 0.717) is 13.0 Å². The number of likely N-dealkylation sites (tertiary alicyclic amines) is 1. The summed E-state index contributed by atoms with van der Waals surface area (Å²) in [7, 11) is 1.91. The first-order valence-corrected chi connectivity index (χ1v) is 4.05. The molecule has 0 radical (unpaired) electrons. The van der Waals surface area contributed by atoms with Crippen molar-refractivity contribution in [2.75, 3.05) is 20.1 Å². The van der Waals surface area contributed by atoms with Gasteiger partial charge in [0.25, 0.3) is 5.92 Å². The third-order valence-electron chi connectivity index (χ3n) is 3.39. The molecule has 64 valence electrons. The molecule has 1 saturated carbocycles. The minimum atomic E-state index is -2.38. The van der Waals surface area contributed by atoms with E-state index in [1.165, 1.54) is 0 Å². The van der Waals surface area contributed by atoms with Crippen LogP contribution in [0.3, 0.4) is 0 Å². The summed E-state index contributed by atoms with van der Waals surface area (Å²) in [5, 5.41) is 0. The third-order valence-corrected chi connectivity index (χ3v) is 3.39. The first-order valence-electron chi connectivity index (χ1n) is 4.05. The standard InChI is InChI=1S/C8H13F2N/c1-7-3-4-11(2)5-6(7)8(7,9)10/h6H,3-5H2,1-2H3/t6-,7+/m0/s1. The second-order valence-corrected chi connectivity index (χ2v) is 4.11. The van der Waals surface area contributed by atoms with Crippen molar-refractivity contribution in [3.63, 3.8) is 0 Å². The van der Waals surface area contributed by atoms with E-state index in [1.807, 2.05) is 11.9 Å². The smallest absolute Gasteiger partial charge is 0.258 e. The molecule has 0 unspecified atom stereocenters. The Hall–Kier alpha value is -0.180. The van der Waals surface area contributed by atoms with Gasteiger partial charge in [0.15, 0.2) is 0 Å². The molecule has 11 heavy (non-hydrogen) atoms. The average molecular weight is 161 g/mol.